The number of benzene rings is 1. The summed E-state index contributed by atoms with van der Waals surface area (Å²) in [6.07, 6.45) is 4.14. The highest BCUT2D eigenvalue weighted by Gasteiger charge is 2.29. The van der Waals surface area contributed by atoms with Crippen molar-refractivity contribution >= 4 is 28.2 Å². The molecule has 0 spiro atoms. The van der Waals surface area contributed by atoms with Crippen LogP contribution in [0.3, 0.4) is 0 Å². The van der Waals surface area contributed by atoms with E-state index in [1.54, 1.807) is 6.92 Å². The van der Waals surface area contributed by atoms with Gasteiger partial charge < -0.3 is 10.1 Å². The van der Waals surface area contributed by atoms with Gasteiger partial charge in [0.2, 0.25) is 5.43 Å². The van der Waals surface area contributed by atoms with E-state index in [4.69, 9.17) is 4.74 Å². The van der Waals surface area contributed by atoms with Crippen molar-refractivity contribution in [2.45, 2.75) is 33.1 Å². The second-order valence-corrected chi connectivity index (χ2v) is 8.15. The van der Waals surface area contributed by atoms with Crippen LogP contribution >= 0.6 is 11.3 Å². The van der Waals surface area contributed by atoms with E-state index in [0.717, 1.165) is 41.0 Å². The summed E-state index contributed by atoms with van der Waals surface area (Å²) >= 11 is 1.36. The van der Waals surface area contributed by atoms with Crippen LogP contribution in [0.1, 0.15) is 50.2 Å². The predicted molar refractivity (Wildman–Crippen MR) is 115 cm³/mol. The average Bonchev–Trinajstić information content (AvgIpc) is 3.30. The molecule has 7 nitrogen and oxygen atoms in total. The summed E-state index contributed by atoms with van der Waals surface area (Å²) < 4.78 is 6.67. The van der Waals surface area contributed by atoms with Gasteiger partial charge in [-0.15, -0.1) is 11.3 Å². The zero-order chi connectivity index (χ0) is 21.3. The van der Waals surface area contributed by atoms with Crippen LogP contribution in [0.15, 0.2) is 41.3 Å². The van der Waals surface area contributed by atoms with Crippen molar-refractivity contribution in [3.05, 3.63) is 74.0 Å². The van der Waals surface area contributed by atoms with E-state index in [1.165, 1.54) is 28.3 Å². The van der Waals surface area contributed by atoms with E-state index in [-0.39, 0.29) is 12.3 Å². The zero-order valence-corrected chi connectivity index (χ0v) is 17.5. The first-order valence-corrected chi connectivity index (χ1v) is 10.6. The third kappa shape index (κ3) is 3.78. The van der Waals surface area contributed by atoms with Crippen LogP contribution in [-0.2, 0) is 17.6 Å². The van der Waals surface area contributed by atoms with Crippen molar-refractivity contribution in [2.24, 2.45) is 0 Å². The van der Waals surface area contributed by atoms with E-state index in [1.807, 2.05) is 31.2 Å². The number of fused-ring (bicyclic) bond motifs is 1. The van der Waals surface area contributed by atoms with Crippen molar-refractivity contribution in [3.8, 4) is 5.69 Å². The average molecular weight is 423 g/mol. The van der Waals surface area contributed by atoms with Gasteiger partial charge >= 0.3 is 5.97 Å². The molecule has 1 N–H and O–H groups in total. The number of carbonyl (C=O) groups excluding carboxylic acids is 2. The lowest BCUT2D eigenvalue weighted by atomic mass is 10.1. The summed E-state index contributed by atoms with van der Waals surface area (Å²) in [6, 6.07) is 8.87. The second kappa shape index (κ2) is 8.23. The zero-order valence-electron chi connectivity index (χ0n) is 16.7. The Hall–Kier alpha value is -3.26. The molecule has 1 aliphatic rings. The molecule has 1 aliphatic carbocycles. The highest BCUT2D eigenvalue weighted by atomic mass is 32.1. The number of anilines is 1. The summed E-state index contributed by atoms with van der Waals surface area (Å²) in [5.74, 6) is -1.10. The van der Waals surface area contributed by atoms with Gasteiger partial charge in [0, 0.05) is 17.1 Å². The third-order valence-corrected chi connectivity index (χ3v) is 6.16. The molecule has 2 aromatic heterocycles. The molecular weight excluding hydrogens is 402 g/mol. The summed E-state index contributed by atoms with van der Waals surface area (Å²) in [5, 5.41) is 7.36. The standard InChI is InChI=1S/C22H21N3O4S/c1-3-29-22(28)18-15-5-4-6-17(15)30-21(18)23-20(27)19-16(26)11-12-25(24-19)14-9-7-13(2)8-10-14/h7-12H,3-6H2,1-2H3,(H,23,27). The van der Waals surface area contributed by atoms with Crippen molar-refractivity contribution in [2.75, 3.05) is 11.9 Å². The highest BCUT2D eigenvalue weighted by Crippen LogP contribution is 2.39. The van der Waals surface area contributed by atoms with Gasteiger partial charge in [0.1, 0.15) is 5.00 Å². The quantitative estimate of drug-likeness (QED) is 0.634. The molecule has 0 saturated heterocycles. The molecule has 0 radical (unpaired) electrons. The van der Waals surface area contributed by atoms with E-state index in [9.17, 15) is 14.4 Å². The fraction of sp³-hybridized carbons (Fsp3) is 0.273. The Kier molecular flexibility index (Phi) is 5.50. The molecule has 0 atom stereocenters. The van der Waals surface area contributed by atoms with Gasteiger partial charge in [-0.3, -0.25) is 9.59 Å². The summed E-state index contributed by atoms with van der Waals surface area (Å²) in [6.45, 7) is 3.96. The maximum absolute atomic E-state index is 12.9. The van der Waals surface area contributed by atoms with Gasteiger partial charge in [-0.05, 0) is 50.8 Å². The molecule has 1 amide bonds. The number of amides is 1. The van der Waals surface area contributed by atoms with Crippen LogP contribution < -0.4 is 10.7 Å². The predicted octanol–water partition coefficient (Wildman–Crippen LogP) is 3.52. The molecule has 154 valence electrons. The Balaban J connectivity index is 1.67. The van der Waals surface area contributed by atoms with E-state index >= 15 is 0 Å². The van der Waals surface area contributed by atoms with Gasteiger partial charge in [-0.25, -0.2) is 9.48 Å². The minimum Gasteiger partial charge on any atom is -0.462 e. The normalized spacial score (nSPS) is 12.5. The van der Waals surface area contributed by atoms with Crippen molar-refractivity contribution in [1.82, 2.24) is 9.78 Å². The van der Waals surface area contributed by atoms with Gasteiger partial charge in [-0.2, -0.15) is 5.10 Å². The summed E-state index contributed by atoms with van der Waals surface area (Å²) in [5.41, 5.74) is 2.44. The van der Waals surface area contributed by atoms with Crippen molar-refractivity contribution < 1.29 is 14.3 Å². The maximum Gasteiger partial charge on any atom is 0.341 e. The lowest BCUT2D eigenvalue weighted by molar-refractivity contribution is 0.0527. The van der Waals surface area contributed by atoms with Crippen LogP contribution in [0.2, 0.25) is 0 Å². The Labute approximate surface area is 177 Å². The summed E-state index contributed by atoms with van der Waals surface area (Å²) in [4.78, 5) is 38.8. The van der Waals surface area contributed by atoms with Crippen LogP contribution in [0.4, 0.5) is 5.00 Å². The molecule has 4 rings (SSSR count). The number of carbonyl (C=O) groups is 2. The molecule has 0 unspecified atom stereocenters. The monoisotopic (exact) mass is 423 g/mol. The Morgan fingerprint density at radius 1 is 1.20 bits per heavy atom. The molecule has 1 aromatic carbocycles. The molecule has 0 bridgehead atoms. The number of aryl methyl sites for hydroxylation is 2. The molecule has 3 aromatic rings. The molecule has 0 aliphatic heterocycles. The SMILES string of the molecule is CCOC(=O)c1c(NC(=O)c2nn(-c3ccc(C)cc3)ccc2=O)sc2c1CCC2. The van der Waals surface area contributed by atoms with Crippen molar-refractivity contribution in [1.29, 1.82) is 0 Å². The first kappa shape index (κ1) is 20.0. The van der Waals surface area contributed by atoms with Crippen molar-refractivity contribution in [3.63, 3.8) is 0 Å². The molecule has 2 heterocycles. The van der Waals surface area contributed by atoms with E-state index < -0.39 is 17.3 Å². The first-order chi connectivity index (χ1) is 14.5. The Bertz CT molecular complexity index is 1180. The third-order valence-electron chi connectivity index (χ3n) is 4.95. The lowest BCUT2D eigenvalue weighted by Crippen LogP contribution is -2.26. The largest absolute Gasteiger partial charge is 0.462 e. The molecule has 0 saturated carbocycles. The second-order valence-electron chi connectivity index (χ2n) is 7.04. The number of hydrogen-bond acceptors (Lipinski definition) is 6. The van der Waals surface area contributed by atoms with Crippen LogP contribution in [0.5, 0.6) is 0 Å². The Morgan fingerprint density at radius 2 is 1.97 bits per heavy atom. The lowest BCUT2D eigenvalue weighted by Gasteiger charge is -2.09. The Morgan fingerprint density at radius 3 is 2.70 bits per heavy atom. The van der Waals surface area contributed by atoms with E-state index in [0.29, 0.717) is 10.6 Å². The number of aromatic nitrogens is 2. The number of ether oxygens (including phenoxy) is 1. The number of nitrogens with one attached hydrogen (secondary N) is 1. The van der Waals surface area contributed by atoms with Crippen LogP contribution in [0, 0.1) is 6.92 Å². The number of esters is 1. The van der Waals surface area contributed by atoms with Crippen LogP contribution in [0.25, 0.3) is 5.69 Å². The smallest absolute Gasteiger partial charge is 0.341 e. The number of rotatable bonds is 5. The summed E-state index contributed by atoms with van der Waals surface area (Å²) in [7, 11) is 0. The first-order valence-electron chi connectivity index (χ1n) is 9.78. The molecule has 30 heavy (non-hydrogen) atoms. The topological polar surface area (TPSA) is 90.3 Å². The maximum atomic E-state index is 12.9. The molecular formula is C22H21N3O4S. The fourth-order valence-electron chi connectivity index (χ4n) is 3.48. The van der Waals surface area contributed by atoms with Crippen LogP contribution in [-0.4, -0.2) is 28.3 Å². The highest BCUT2D eigenvalue weighted by molar-refractivity contribution is 7.17. The van der Waals surface area contributed by atoms with Gasteiger partial charge in [0.15, 0.2) is 5.69 Å². The number of thiophene rings is 1. The molecule has 0 fully saturated rings. The molecule has 8 heteroatoms. The van der Waals surface area contributed by atoms with E-state index in [2.05, 4.69) is 10.4 Å². The fourth-order valence-corrected chi connectivity index (χ4v) is 4.75. The number of nitrogens with zero attached hydrogens (tertiary/aromatic N) is 2. The minimum atomic E-state index is -0.646. The minimum absolute atomic E-state index is 0.235. The van der Waals surface area contributed by atoms with Gasteiger partial charge in [-0.1, -0.05) is 17.7 Å². The van der Waals surface area contributed by atoms with Gasteiger partial charge in [0.25, 0.3) is 5.91 Å². The van der Waals surface area contributed by atoms with Gasteiger partial charge in [0.05, 0.1) is 17.9 Å². The number of hydrogen-bond donors (Lipinski definition) is 1.